The molecule has 132 valence electrons. The molecular weight excluding hydrogens is 347 g/mol. The van der Waals surface area contributed by atoms with Gasteiger partial charge in [-0.15, -0.1) is 0 Å². The van der Waals surface area contributed by atoms with E-state index < -0.39 is 33.6 Å². The third kappa shape index (κ3) is 5.08. The molecule has 0 amide bonds. The lowest BCUT2D eigenvalue weighted by molar-refractivity contribution is -0.137. The number of methoxy groups -OCH3 is 1. The summed E-state index contributed by atoms with van der Waals surface area (Å²) in [5.74, 6) is 0.0365. The van der Waals surface area contributed by atoms with Crippen molar-refractivity contribution in [2.45, 2.75) is 18.0 Å². The molecule has 0 aliphatic carbocycles. The highest BCUT2D eigenvalue weighted by molar-refractivity contribution is 7.88. The normalized spacial score (nSPS) is 13.8. The Morgan fingerprint density at radius 1 is 1.21 bits per heavy atom. The van der Waals surface area contributed by atoms with Gasteiger partial charge in [-0.1, -0.05) is 12.1 Å². The number of rotatable bonds is 7. The summed E-state index contributed by atoms with van der Waals surface area (Å²) in [6, 6.07) is 7.29. The summed E-state index contributed by atoms with van der Waals surface area (Å²) >= 11 is 0. The number of alkyl halides is 3. The summed E-state index contributed by atoms with van der Waals surface area (Å²) in [5.41, 5.74) is -0.573. The van der Waals surface area contributed by atoms with Gasteiger partial charge in [-0.25, -0.2) is 13.1 Å². The van der Waals surface area contributed by atoms with Crippen LogP contribution in [0, 0.1) is 0 Å². The maximum Gasteiger partial charge on any atom is 0.416 e. The molecule has 1 atom stereocenters. The molecule has 0 bridgehead atoms. The first-order chi connectivity index (χ1) is 11.2. The van der Waals surface area contributed by atoms with Gasteiger partial charge in [0.15, 0.2) is 0 Å². The molecule has 0 saturated heterocycles. The summed E-state index contributed by atoms with van der Waals surface area (Å²) < 4.78 is 74.2. The minimum atomic E-state index is -4.45. The quantitative estimate of drug-likeness (QED) is 0.821. The number of benzene rings is 1. The van der Waals surface area contributed by atoms with E-state index in [0.717, 1.165) is 24.3 Å². The van der Waals surface area contributed by atoms with Gasteiger partial charge in [0.2, 0.25) is 10.0 Å². The Bertz CT molecular complexity index is 740. The highest BCUT2D eigenvalue weighted by Gasteiger charge is 2.30. The van der Waals surface area contributed by atoms with Gasteiger partial charge in [-0.05, 0) is 29.8 Å². The Balaban J connectivity index is 1.98. The van der Waals surface area contributed by atoms with Gasteiger partial charge in [-0.3, -0.25) is 0 Å². The van der Waals surface area contributed by atoms with Crippen LogP contribution in [0.15, 0.2) is 47.1 Å². The first-order valence-electron chi connectivity index (χ1n) is 6.91. The van der Waals surface area contributed by atoms with Crippen molar-refractivity contribution in [2.24, 2.45) is 0 Å². The standard InChI is InChI=1S/C15H16F3NO4S/c1-22-14(13-3-2-8-23-13)9-19-24(20,21)10-11-4-6-12(7-5-11)15(16,17)18/h2-8,14,19H,9-10H2,1H3. The molecule has 1 aromatic carbocycles. The number of sulfonamides is 1. The van der Waals surface area contributed by atoms with Crippen molar-refractivity contribution < 1.29 is 30.7 Å². The highest BCUT2D eigenvalue weighted by Crippen LogP contribution is 2.29. The molecule has 1 aromatic heterocycles. The average Bonchev–Trinajstić information content (AvgIpc) is 3.01. The molecular formula is C15H16F3NO4S. The van der Waals surface area contributed by atoms with Crippen LogP contribution < -0.4 is 4.72 Å². The third-order valence-corrected chi connectivity index (χ3v) is 4.59. The zero-order chi connectivity index (χ0) is 17.8. The van der Waals surface area contributed by atoms with Gasteiger partial charge in [0.05, 0.1) is 17.6 Å². The topological polar surface area (TPSA) is 68.5 Å². The van der Waals surface area contributed by atoms with Crippen LogP contribution in [-0.4, -0.2) is 22.1 Å². The summed E-state index contributed by atoms with van der Waals surface area (Å²) in [6.07, 6.45) is -3.61. The second kappa shape index (κ2) is 7.37. The fourth-order valence-electron chi connectivity index (χ4n) is 2.04. The smallest absolute Gasteiger partial charge is 0.416 e. The van der Waals surface area contributed by atoms with Gasteiger partial charge >= 0.3 is 6.18 Å². The van der Waals surface area contributed by atoms with Crippen molar-refractivity contribution in [1.29, 1.82) is 0 Å². The highest BCUT2D eigenvalue weighted by atomic mass is 32.2. The summed E-state index contributed by atoms with van der Waals surface area (Å²) in [6.45, 7) is -0.0486. The van der Waals surface area contributed by atoms with Gasteiger partial charge in [0.1, 0.15) is 11.9 Å². The van der Waals surface area contributed by atoms with E-state index in [9.17, 15) is 21.6 Å². The van der Waals surface area contributed by atoms with E-state index in [1.807, 2.05) is 0 Å². The van der Waals surface area contributed by atoms with E-state index in [0.29, 0.717) is 5.76 Å². The Kier molecular flexibility index (Phi) is 5.68. The number of furan rings is 1. The predicted octanol–water partition coefficient (Wildman–Crippen LogP) is 3.11. The lowest BCUT2D eigenvalue weighted by atomic mass is 10.1. The molecule has 1 N–H and O–H groups in total. The minimum Gasteiger partial charge on any atom is -0.467 e. The van der Waals surface area contributed by atoms with Crippen molar-refractivity contribution in [3.63, 3.8) is 0 Å². The van der Waals surface area contributed by atoms with Crippen LogP contribution in [0.2, 0.25) is 0 Å². The maximum atomic E-state index is 12.5. The first-order valence-corrected chi connectivity index (χ1v) is 8.56. The molecule has 0 aliphatic rings. The largest absolute Gasteiger partial charge is 0.467 e. The van der Waals surface area contributed by atoms with Crippen LogP contribution in [0.5, 0.6) is 0 Å². The van der Waals surface area contributed by atoms with Gasteiger partial charge in [-0.2, -0.15) is 13.2 Å². The molecule has 2 rings (SSSR count). The van der Waals surface area contributed by atoms with Crippen molar-refractivity contribution in [3.05, 3.63) is 59.5 Å². The second-order valence-electron chi connectivity index (χ2n) is 5.04. The molecule has 0 spiro atoms. The average molecular weight is 363 g/mol. The molecule has 0 saturated carbocycles. The molecule has 1 heterocycles. The summed E-state index contributed by atoms with van der Waals surface area (Å²) in [4.78, 5) is 0. The van der Waals surface area contributed by atoms with Crippen LogP contribution in [0.4, 0.5) is 13.2 Å². The van der Waals surface area contributed by atoms with E-state index in [4.69, 9.17) is 9.15 Å². The van der Waals surface area contributed by atoms with Gasteiger partial charge in [0.25, 0.3) is 0 Å². The molecule has 5 nitrogen and oxygen atoms in total. The molecule has 0 radical (unpaired) electrons. The Morgan fingerprint density at radius 2 is 1.88 bits per heavy atom. The monoisotopic (exact) mass is 363 g/mol. The lowest BCUT2D eigenvalue weighted by Gasteiger charge is -2.14. The van der Waals surface area contributed by atoms with Gasteiger partial charge in [0, 0.05) is 13.7 Å². The summed E-state index contributed by atoms with van der Waals surface area (Å²) in [5, 5.41) is 0. The van der Waals surface area contributed by atoms with E-state index in [2.05, 4.69) is 4.72 Å². The summed E-state index contributed by atoms with van der Waals surface area (Å²) in [7, 11) is -2.32. The third-order valence-electron chi connectivity index (χ3n) is 3.27. The van der Waals surface area contributed by atoms with Crippen LogP contribution in [-0.2, 0) is 26.7 Å². The zero-order valence-electron chi connectivity index (χ0n) is 12.7. The molecule has 0 aliphatic heterocycles. The fraction of sp³-hybridized carbons (Fsp3) is 0.333. The van der Waals surface area contributed by atoms with Crippen LogP contribution in [0.25, 0.3) is 0 Å². The first kappa shape index (κ1) is 18.5. The maximum absolute atomic E-state index is 12.5. The number of halogens is 3. The molecule has 24 heavy (non-hydrogen) atoms. The number of nitrogens with one attached hydrogen (secondary N) is 1. The lowest BCUT2D eigenvalue weighted by Crippen LogP contribution is -2.30. The van der Waals surface area contributed by atoms with Crippen LogP contribution in [0.3, 0.4) is 0 Å². The zero-order valence-corrected chi connectivity index (χ0v) is 13.5. The number of ether oxygens (including phenoxy) is 1. The molecule has 0 fully saturated rings. The molecule has 2 aromatic rings. The van der Waals surface area contributed by atoms with E-state index in [1.54, 1.807) is 12.1 Å². The number of hydrogen-bond donors (Lipinski definition) is 1. The van der Waals surface area contributed by atoms with E-state index in [-0.39, 0.29) is 12.1 Å². The Morgan fingerprint density at radius 3 is 2.38 bits per heavy atom. The Labute approximate surface area is 137 Å². The number of hydrogen-bond acceptors (Lipinski definition) is 4. The predicted molar refractivity (Wildman–Crippen MR) is 80.5 cm³/mol. The van der Waals surface area contributed by atoms with Crippen molar-refractivity contribution in [2.75, 3.05) is 13.7 Å². The van der Waals surface area contributed by atoms with Gasteiger partial charge < -0.3 is 9.15 Å². The SMILES string of the molecule is COC(CNS(=O)(=O)Cc1ccc(C(F)(F)F)cc1)c1ccco1. The fourth-order valence-corrected chi connectivity index (χ4v) is 3.18. The van der Waals surface area contributed by atoms with Crippen LogP contribution >= 0.6 is 0 Å². The molecule has 1 unspecified atom stereocenters. The van der Waals surface area contributed by atoms with Crippen molar-refractivity contribution in [3.8, 4) is 0 Å². The second-order valence-corrected chi connectivity index (χ2v) is 6.85. The minimum absolute atomic E-state index is 0.0486. The van der Waals surface area contributed by atoms with E-state index in [1.165, 1.54) is 13.4 Å². The Hall–Kier alpha value is -1.84. The van der Waals surface area contributed by atoms with Crippen LogP contribution in [0.1, 0.15) is 23.0 Å². The van der Waals surface area contributed by atoms with Crippen molar-refractivity contribution >= 4 is 10.0 Å². The van der Waals surface area contributed by atoms with Crippen molar-refractivity contribution in [1.82, 2.24) is 4.72 Å². The van der Waals surface area contributed by atoms with E-state index >= 15 is 0 Å². The molecule has 9 heteroatoms.